The maximum Gasteiger partial charge on any atom is 0.336 e. The first kappa shape index (κ1) is 16.3. The molecule has 5 nitrogen and oxygen atoms in total. The van der Waals surface area contributed by atoms with Crippen LogP contribution in [0.4, 0.5) is 0 Å². The molecule has 0 aliphatic heterocycles. The first-order valence-corrected chi connectivity index (χ1v) is 7.28. The third kappa shape index (κ3) is 3.96. The van der Waals surface area contributed by atoms with Crippen LogP contribution in [0.2, 0.25) is 0 Å². The van der Waals surface area contributed by atoms with Crippen molar-refractivity contribution in [1.82, 2.24) is 5.32 Å². The van der Waals surface area contributed by atoms with Crippen molar-refractivity contribution in [3.8, 4) is 5.75 Å². The monoisotopic (exact) mass is 303 g/mol. The summed E-state index contributed by atoms with van der Waals surface area (Å²) in [6.45, 7) is 4.61. The molecule has 1 atom stereocenters. The second kappa shape index (κ2) is 7.24. The number of carbonyl (C=O) groups is 1. The van der Waals surface area contributed by atoms with Gasteiger partial charge in [-0.3, -0.25) is 0 Å². The number of aliphatic hydroxyl groups excluding tert-OH is 1. The maximum absolute atomic E-state index is 11.3. The molecule has 0 bridgehead atoms. The molecule has 0 saturated heterocycles. The molecule has 0 heterocycles. The number of carboxylic acid groups (broad SMARTS) is 1. The Kier molecular flexibility index (Phi) is 5.35. The van der Waals surface area contributed by atoms with Crippen LogP contribution in [0.5, 0.6) is 5.75 Å². The van der Waals surface area contributed by atoms with E-state index in [-0.39, 0.29) is 12.2 Å². The smallest absolute Gasteiger partial charge is 0.336 e. The highest BCUT2D eigenvalue weighted by atomic mass is 16.5. The Hall–Kier alpha value is -2.11. The Labute approximate surface area is 129 Å². The van der Waals surface area contributed by atoms with Crippen LogP contribution in [0.25, 0.3) is 10.8 Å². The summed E-state index contributed by atoms with van der Waals surface area (Å²) in [5, 5.41) is 23.6. The number of hydrogen-bond donors (Lipinski definition) is 3. The van der Waals surface area contributed by atoms with Crippen LogP contribution in [-0.2, 0) is 0 Å². The lowest BCUT2D eigenvalue weighted by Gasteiger charge is -2.16. The first-order chi connectivity index (χ1) is 10.5. The van der Waals surface area contributed by atoms with Crippen molar-refractivity contribution in [3.05, 3.63) is 42.0 Å². The second-order valence-corrected chi connectivity index (χ2v) is 5.49. The molecule has 0 spiro atoms. The summed E-state index contributed by atoms with van der Waals surface area (Å²) < 4.78 is 5.67. The number of carboxylic acids is 1. The summed E-state index contributed by atoms with van der Waals surface area (Å²) in [4.78, 5) is 11.3. The molecule has 0 unspecified atom stereocenters. The molecule has 0 radical (unpaired) electrons. The van der Waals surface area contributed by atoms with Crippen molar-refractivity contribution >= 4 is 16.7 Å². The Morgan fingerprint density at radius 1 is 1.18 bits per heavy atom. The number of hydrogen-bond acceptors (Lipinski definition) is 4. The molecule has 0 aliphatic carbocycles. The second-order valence-electron chi connectivity index (χ2n) is 5.49. The standard InChI is InChI=1S/C17H21NO4/c1-11(2)18-9-12(19)10-22-16-8-7-15(17(20)21)13-5-3-4-6-14(13)16/h3-8,11-12,18-19H,9-10H2,1-2H3,(H,20,21)/t12-/m1/s1. The van der Waals surface area contributed by atoms with Crippen LogP contribution in [0.1, 0.15) is 24.2 Å². The molecule has 5 heteroatoms. The van der Waals surface area contributed by atoms with Gasteiger partial charge in [0.25, 0.3) is 0 Å². The first-order valence-electron chi connectivity index (χ1n) is 7.28. The molecule has 2 aromatic rings. The predicted octanol–water partition coefficient (Wildman–Crippen LogP) is 2.28. The Morgan fingerprint density at radius 3 is 2.50 bits per heavy atom. The lowest BCUT2D eigenvalue weighted by atomic mass is 10.0. The SMILES string of the molecule is CC(C)NC[C@@H](O)COc1ccc(C(=O)O)c2ccccc12. The van der Waals surface area contributed by atoms with Crippen molar-refractivity contribution < 1.29 is 19.7 Å². The zero-order chi connectivity index (χ0) is 16.1. The molecule has 2 aromatic carbocycles. The Morgan fingerprint density at radius 2 is 1.86 bits per heavy atom. The molecule has 3 N–H and O–H groups in total. The van der Waals surface area contributed by atoms with Crippen LogP contribution in [0.3, 0.4) is 0 Å². The van der Waals surface area contributed by atoms with Gasteiger partial charge in [-0.15, -0.1) is 0 Å². The van der Waals surface area contributed by atoms with E-state index in [0.29, 0.717) is 23.7 Å². The van der Waals surface area contributed by atoms with E-state index >= 15 is 0 Å². The minimum atomic E-state index is -0.969. The third-order valence-electron chi connectivity index (χ3n) is 3.31. The van der Waals surface area contributed by atoms with E-state index in [4.69, 9.17) is 4.74 Å². The van der Waals surface area contributed by atoms with Gasteiger partial charge in [0, 0.05) is 18.0 Å². The van der Waals surface area contributed by atoms with Gasteiger partial charge in [-0.25, -0.2) is 4.79 Å². The normalized spacial score (nSPS) is 12.5. The molecule has 0 saturated carbocycles. The number of ether oxygens (including phenoxy) is 1. The summed E-state index contributed by atoms with van der Waals surface area (Å²) in [7, 11) is 0. The van der Waals surface area contributed by atoms with Crippen LogP contribution in [0, 0.1) is 0 Å². The van der Waals surface area contributed by atoms with Gasteiger partial charge >= 0.3 is 5.97 Å². The van der Waals surface area contributed by atoms with Crippen LogP contribution in [0.15, 0.2) is 36.4 Å². The van der Waals surface area contributed by atoms with E-state index in [1.54, 1.807) is 18.2 Å². The summed E-state index contributed by atoms with van der Waals surface area (Å²) in [6.07, 6.45) is -0.625. The number of aliphatic hydroxyl groups is 1. The van der Waals surface area contributed by atoms with E-state index in [9.17, 15) is 15.0 Å². The predicted molar refractivity (Wildman–Crippen MR) is 85.5 cm³/mol. The molecule has 0 fully saturated rings. The molecule has 118 valence electrons. The molecular weight excluding hydrogens is 282 g/mol. The van der Waals surface area contributed by atoms with Crippen LogP contribution in [-0.4, -0.2) is 41.5 Å². The van der Waals surface area contributed by atoms with Gasteiger partial charge in [0.2, 0.25) is 0 Å². The fourth-order valence-electron chi connectivity index (χ4n) is 2.20. The van der Waals surface area contributed by atoms with Gasteiger partial charge in [-0.05, 0) is 17.5 Å². The van der Waals surface area contributed by atoms with Gasteiger partial charge in [0.1, 0.15) is 18.5 Å². The van der Waals surface area contributed by atoms with Gasteiger partial charge in [-0.1, -0.05) is 38.1 Å². The lowest BCUT2D eigenvalue weighted by molar-refractivity contribution is 0.0699. The van der Waals surface area contributed by atoms with E-state index in [1.807, 2.05) is 26.0 Å². The average Bonchev–Trinajstić information content (AvgIpc) is 2.50. The number of aromatic carboxylic acids is 1. The van der Waals surface area contributed by atoms with Crippen LogP contribution >= 0.6 is 0 Å². The topological polar surface area (TPSA) is 78.8 Å². The Bertz CT molecular complexity index is 654. The van der Waals surface area contributed by atoms with Crippen molar-refractivity contribution in [1.29, 1.82) is 0 Å². The quantitative estimate of drug-likeness (QED) is 0.731. The average molecular weight is 303 g/mol. The van der Waals surface area contributed by atoms with Crippen molar-refractivity contribution in [2.45, 2.75) is 26.0 Å². The molecule has 22 heavy (non-hydrogen) atoms. The zero-order valence-electron chi connectivity index (χ0n) is 12.7. The van der Waals surface area contributed by atoms with Gasteiger partial charge in [0.05, 0.1) is 5.56 Å². The van der Waals surface area contributed by atoms with Crippen molar-refractivity contribution in [2.24, 2.45) is 0 Å². The number of fused-ring (bicyclic) bond motifs is 1. The van der Waals surface area contributed by atoms with E-state index in [2.05, 4.69) is 5.32 Å². The number of benzene rings is 2. The fraction of sp³-hybridized carbons (Fsp3) is 0.353. The highest BCUT2D eigenvalue weighted by molar-refractivity contribution is 6.05. The van der Waals surface area contributed by atoms with Gasteiger partial charge in [-0.2, -0.15) is 0 Å². The summed E-state index contributed by atoms with van der Waals surface area (Å²) in [6, 6.07) is 10.6. The highest BCUT2D eigenvalue weighted by Gasteiger charge is 2.13. The zero-order valence-corrected chi connectivity index (χ0v) is 12.7. The fourth-order valence-corrected chi connectivity index (χ4v) is 2.20. The minimum absolute atomic E-state index is 0.149. The van der Waals surface area contributed by atoms with E-state index in [0.717, 1.165) is 5.39 Å². The van der Waals surface area contributed by atoms with E-state index < -0.39 is 12.1 Å². The molecule has 0 amide bonds. The van der Waals surface area contributed by atoms with E-state index in [1.165, 1.54) is 6.07 Å². The molecule has 0 aliphatic rings. The molecule has 2 rings (SSSR count). The third-order valence-corrected chi connectivity index (χ3v) is 3.31. The minimum Gasteiger partial charge on any atom is -0.490 e. The summed E-state index contributed by atoms with van der Waals surface area (Å²) in [5.41, 5.74) is 0.241. The molecular formula is C17H21NO4. The van der Waals surface area contributed by atoms with Crippen LogP contribution < -0.4 is 10.1 Å². The number of nitrogens with one attached hydrogen (secondary N) is 1. The van der Waals surface area contributed by atoms with Crippen molar-refractivity contribution in [2.75, 3.05) is 13.2 Å². The lowest BCUT2D eigenvalue weighted by Crippen LogP contribution is -2.35. The summed E-state index contributed by atoms with van der Waals surface area (Å²) in [5.74, 6) is -0.395. The highest BCUT2D eigenvalue weighted by Crippen LogP contribution is 2.28. The Balaban J connectivity index is 2.15. The largest absolute Gasteiger partial charge is 0.490 e. The molecule has 0 aromatic heterocycles. The van der Waals surface area contributed by atoms with Crippen molar-refractivity contribution in [3.63, 3.8) is 0 Å². The summed E-state index contributed by atoms with van der Waals surface area (Å²) >= 11 is 0. The van der Waals surface area contributed by atoms with Gasteiger partial charge < -0.3 is 20.3 Å². The number of rotatable bonds is 7. The van der Waals surface area contributed by atoms with Gasteiger partial charge in [0.15, 0.2) is 0 Å². The maximum atomic E-state index is 11.3.